The summed E-state index contributed by atoms with van der Waals surface area (Å²) in [4.78, 5) is 22.3. The third kappa shape index (κ3) is 3.30. The van der Waals surface area contributed by atoms with Crippen molar-refractivity contribution >= 4 is 11.6 Å². The second kappa shape index (κ2) is 6.37. The molecule has 9 heteroatoms. The van der Waals surface area contributed by atoms with E-state index >= 15 is 0 Å². The van der Waals surface area contributed by atoms with E-state index in [1.54, 1.807) is 11.6 Å². The summed E-state index contributed by atoms with van der Waals surface area (Å²) in [6, 6.07) is 1.60. The lowest BCUT2D eigenvalue weighted by atomic mass is 10.2. The molecule has 1 N–H and O–H groups in total. The largest absolute Gasteiger partial charge is 0.346 e. The van der Waals surface area contributed by atoms with Gasteiger partial charge in [0.05, 0.1) is 16.7 Å². The molecular formula is C13H18N6O3. The summed E-state index contributed by atoms with van der Waals surface area (Å²) in [5.41, 5.74) is 1.02. The summed E-state index contributed by atoms with van der Waals surface area (Å²) in [7, 11) is 0. The quantitative estimate of drug-likeness (QED) is 0.637. The molecule has 118 valence electrons. The van der Waals surface area contributed by atoms with E-state index in [0.29, 0.717) is 5.69 Å². The Bertz CT molecular complexity index is 690. The highest BCUT2D eigenvalue weighted by molar-refractivity contribution is 5.76. The molecule has 22 heavy (non-hydrogen) atoms. The van der Waals surface area contributed by atoms with Gasteiger partial charge < -0.3 is 5.32 Å². The lowest BCUT2D eigenvalue weighted by molar-refractivity contribution is -0.385. The summed E-state index contributed by atoms with van der Waals surface area (Å²) in [5, 5.41) is 21.8. The molecule has 0 saturated carbocycles. The highest BCUT2D eigenvalue weighted by atomic mass is 16.6. The van der Waals surface area contributed by atoms with Crippen LogP contribution in [0.2, 0.25) is 0 Å². The van der Waals surface area contributed by atoms with Crippen LogP contribution in [0, 0.1) is 17.0 Å². The number of nitro groups is 1. The molecule has 0 aliphatic carbocycles. The molecule has 2 aromatic rings. The number of hydrogen-bond donors (Lipinski definition) is 1. The van der Waals surface area contributed by atoms with E-state index in [-0.39, 0.29) is 24.2 Å². The molecule has 1 atom stereocenters. The SMILES string of the molecule is CCn1ccc(C(C)NC(=O)Cn2ncc([N+](=O)[O-])c2C)n1. The number of hydrogen-bond acceptors (Lipinski definition) is 5. The van der Waals surface area contributed by atoms with Gasteiger partial charge in [-0.15, -0.1) is 0 Å². The Morgan fingerprint density at radius 1 is 1.55 bits per heavy atom. The van der Waals surface area contributed by atoms with E-state index < -0.39 is 4.92 Å². The Morgan fingerprint density at radius 2 is 2.27 bits per heavy atom. The van der Waals surface area contributed by atoms with Gasteiger partial charge in [-0.3, -0.25) is 24.3 Å². The van der Waals surface area contributed by atoms with Gasteiger partial charge in [0.1, 0.15) is 18.4 Å². The minimum absolute atomic E-state index is 0.0709. The molecule has 2 heterocycles. The van der Waals surface area contributed by atoms with Gasteiger partial charge in [-0.2, -0.15) is 10.2 Å². The van der Waals surface area contributed by atoms with Gasteiger partial charge in [0.2, 0.25) is 5.91 Å². The van der Waals surface area contributed by atoms with Crippen molar-refractivity contribution in [2.24, 2.45) is 0 Å². The second-order valence-electron chi connectivity index (χ2n) is 4.92. The lowest BCUT2D eigenvalue weighted by Crippen LogP contribution is -2.31. The van der Waals surface area contributed by atoms with Crippen LogP contribution < -0.4 is 5.32 Å². The highest BCUT2D eigenvalue weighted by Crippen LogP contribution is 2.16. The molecular weight excluding hydrogens is 288 g/mol. The number of carbonyl (C=O) groups excluding carboxylic acids is 1. The molecule has 2 rings (SSSR count). The Balaban J connectivity index is 1.99. The van der Waals surface area contributed by atoms with Gasteiger partial charge in [0.15, 0.2) is 0 Å². The van der Waals surface area contributed by atoms with Crippen molar-refractivity contribution in [1.82, 2.24) is 24.9 Å². The molecule has 2 aromatic heterocycles. The summed E-state index contributed by atoms with van der Waals surface area (Å²) in [6.45, 7) is 6.06. The van der Waals surface area contributed by atoms with Crippen LogP contribution in [0.4, 0.5) is 5.69 Å². The maximum Gasteiger partial charge on any atom is 0.309 e. The van der Waals surface area contributed by atoms with Gasteiger partial charge in [0, 0.05) is 12.7 Å². The van der Waals surface area contributed by atoms with Crippen molar-refractivity contribution < 1.29 is 9.72 Å². The molecule has 0 aliphatic rings. The average Bonchev–Trinajstić information content (AvgIpc) is 3.06. The van der Waals surface area contributed by atoms with Gasteiger partial charge >= 0.3 is 5.69 Å². The molecule has 0 spiro atoms. The molecule has 1 amide bonds. The Hall–Kier alpha value is -2.71. The van der Waals surface area contributed by atoms with Crippen molar-refractivity contribution in [3.8, 4) is 0 Å². The fraction of sp³-hybridized carbons (Fsp3) is 0.462. The van der Waals surface area contributed by atoms with Crippen LogP contribution in [0.1, 0.15) is 31.3 Å². The molecule has 0 saturated heterocycles. The average molecular weight is 306 g/mol. The highest BCUT2D eigenvalue weighted by Gasteiger charge is 2.19. The van der Waals surface area contributed by atoms with Crippen LogP contribution in [0.25, 0.3) is 0 Å². The van der Waals surface area contributed by atoms with Crippen LogP contribution in [0.3, 0.4) is 0 Å². The van der Waals surface area contributed by atoms with Crippen molar-refractivity contribution in [3.05, 3.63) is 40.0 Å². The van der Waals surface area contributed by atoms with E-state index in [9.17, 15) is 14.9 Å². The van der Waals surface area contributed by atoms with E-state index in [0.717, 1.165) is 18.4 Å². The van der Waals surface area contributed by atoms with Crippen molar-refractivity contribution in [1.29, 1.82) is 0 Å². The number of amides is 1. The number of aromatic nitrogens is 4. The normalized spacial score (nSPS) is 12.1. The third-order valence-electron chi connectivity index (χ3n) is 3.37. The number of nitrogens with one attached hydrogen (secondary N) is 1. The molecule has 0 fully saturated rings. The minimum Gasteiger partial charge on any atom is -0.346 e. The first-order valence-corrected chi connectivity index (χ1v) is 6.91. The summed E-state index contributed by atoms with van der Waals surface area (Å²) < 4.78 is 3.09. The lowest BCUT2D eigenvalue weighted by Gasteiger charge is -2.12. The van der Waals surface area contributed by atoms with E-state index in [1.165, 1.54) is 4.68 Å². The first kappa shape index (κ1) is 15.7. The van der Waals surface area contributed by atoms with Gasteiger partial charge in [-0.05, 0) is 26.8 Å². The van der Waals surface area contributed by atoms with Crippen LogP contribution in [0.15, 0.2) is 18.5 Å². The van der Waals surface area contributed by atoms with Crippen molar-refractivity contribution in [2.45, 2.75) is 39.9 Å². The van der Waals surface area contributed by atoms with Crippen LogP contribution in [-0.4, -0.2) is 30.4 Å². The fourth-order valence-electron chi connectivity index (χ4n) is 2.06. The predicted octanol–water partition coefficient (Wildman–Crippen LogP) is 1.19. The van der Waals surface area contributed by atoms with Crippen LogP contribution in [-0.2, 0) is 17.9 Å². The number of carbonyl (C=O) groups is 1. The van der Waals surface area contributed by atoms with Gasteiger partial charge in [-0.1, -0.05) is 0 Å². The summed E-state index contributed by atoms with van der Waals surface area (Å²) in [5.74, 6) is -0.278. The first-order chi connectivity index (χ1) is 10.4. The summed E-state index contributed by atoms with van der Waals surface area (Å²) in [6.07, 6.45) is 2.99. The zero-order valence-electron chi connectivity index (χ0n) is 12.7. The monoisotopic (exact) mass is 306 g/mol. The molecule has 0 aromatic carbocycles. The van der Waals surface area contributed by atoms with Crippen molar-refractivity contribution in [2.75, 3.05) is 0 Å². The third-order valence-corrected chi connectivity index (χ3v) is 3.37. The molecule has 1 unspecified atom stereocenters. The summed E-state index contributed by atoms with van der Waals surface area (Å²) >= 11 is 0. The maximum absolute atomic E-state index is 12.0. The van der Waals surface area contributed by atoms with E-state index in [1.807, 2.05) is 26.1 Å². The van der Waals surface area contributed by atoms with E-state index in [4.69, 9.17) is 0 Å². The Morgan fingerprint density at radius 3 is 2.82 bits per heavy atom. The number of nitrogens with zero attached hydrogens (tertiary/aromatic N) is 5. The molecule has 9 nitrogen and oxygen atoms in total. The predicted molar refractivity (Wildman–Crippen MR) is 78.1 cm³/mol. The minimum atomic E-state index is -0.517. The van der Waals surface area contributed by atoms with Gasteiger partial charge in [-0.25, -0.2) is 0 Å². The zero-order valence-corrected chi connectivity index (χ0v) is 12.7. The smallest absolute Gasteiger partial charge is 0.309 e. The second-order valence-corrected chi connectivity index (χ2v) is 4.92. The molecule has 0 radical (unpaired) electrons. The Labute approximate surface area is 127 Å². The Kier molecular flexibility index (Phi) is 4.54. The van der Waals surface area contributed by atoms with Crippen molar-refractivity contribution in [3.63, 3.8) is 0 Å². The molecule has 0 bridgehead atoms. The van der Waals surface area contributed by atoms with Crippen LogP contribution >= 0.6 is 0 Å². The molecule has 0 aliphatic heterocycles. The number of aryl methyl sites for hydroxylation is 1. The standard InChI is InChI=1S/C13H18N6O3/c1-4-17-6-5-11(16-17)9(2)15-13(20)8-18-10(3)12(7-14-18)19(21)22/h5-7,9H,4,8H2,1-3H3,(H,15,20). The topological polar surface area (TPSA) is 108 Å². The van der Waals surface area contributed by atoms with Crippen LogP contribution in [0.5, 0.6) is 0 Å². The maximum atomic E-state index is 12.0. The van der Waals surface area contributed by atoms with E-state index in [2.05, 4.69) is 15.5 Å². The zero-order chi connectivity index (χ0) is 16.3. The number of rotatable bonds is 6. The first-order valence-electron chi connectivity index (χ1n) is 6.91. The fourth-order valence-corrected chi connectivity index (χ4v) is 2.06. The van der Waals surface area contributed by atoms with Gasteiger partial charge in [0.25, 0.3) is 0 Å².